The van der Waals surface area contributed by atoms with Crippen molar-refractivity contribution in [1.29, 1.82) is 0 Å². The number of amides is 3. The number of benzene rings is 4. The average molecular weight is 737 g/mol. The number of methoxy groups -OCH3 is 1. The Balaban J connectivity index is 1.41. The summed E-state index contributed by atoms with van der Waals surface area (Å²) in [6.45, 7) is 5.57. The van der Waals surface area contributed by atoms with E-state index in [4.69, 9.17) is 4.74 Å². The summed E-state index contributed by atoms with van der Waals surface area (Å²) in [6, 6.07) is 29.1. The standard InChI is InChI=1S/C43H52N4O7/c1-43(2,3)39(47-40(51)35(49)24-28-15-9-6-10-16-28)42(53)45-33(23-27-13-7-5-8-14-27)38(50)37(44-26-29-19-21-31(54-4)22-20-29)41(52)46-36-32-18-12-11-17-30(32)25-34(36)48/h5-22,33-39,44,48-50H,23-26H2,1-4H3,(H,45,53)(H,46,52)(H,47,51)/t33-,34?,35+,36?,37+,38-,39+/m0/s1. The predicted molar refractivity (Wildman–Crippen MR) is 206 cm³/mol. The van der Waals surface area contributed by atoms with Gasteiger partial charge in [-0.1, -0.05) is 118 Å². The van der Waals surface area contributed by atoms with Crippen LogP contribution in [-0.2, 0) is 40.2 Å². The number of nitrogens with one attached hydrogen (secondary N) is 4. The van der Waals surface area contributed by atoms with E-state index in [1.54, 1.807) is 52.1 Å². The summed E-state index contributed by atoms with van der Waals surface area (Å²) < 4.78 is 5.29. The van der Waals surface area contributed by atoms with Crippen LogP contribution in [-0.4, -0.2) is 76.6 Å². The highest BCUT2D eigenvalue weighted by molar-refractivity contribution is 5.90. The summed E-state index contributed by atoms with van der Waals surface area (Å²) in [7, 11) is 1.57. The molecule has 0 aliphatic heterocycles. The number of hydrogen-bond donors (Lipinski definition) is 7. The van der Waals surface area contributed by atoms with Crippen LogP contribution in [0.3, 0.4) is 0 Å². The highest BCUT2D eigenvalue weighted by atomic mass is 16.5. The highest BCUT2D eigenvalue weighted by Crippen LogP contribution is 2.31. The number of rotatable bonds is 16. The molecule has 11 heteroatoms. The molecule has 0 spiro atoms. The molecule has 1 aliphatic rings. The zero-order valence-corrected chi connectivity index (χ0v) is 31.2. The molecule has 0 saturated carbocycles. The molecule has 3 amide bonds. The number of hydrogen-bond acceptors (Lipinski definition) is 8. The first-order chi connectivity index (χ1) is 25.8. The Hall–Kier alpha value is -5.07. The molecule has 7 N–H and O–H groups in total. The molecule has 4 aromatic rings. The fraction of sp³-hybridized carbons (Fsp3) is 0.372. The van der Waals surface area contributed by atoms with Gasteiger partial charge in [0.15, 0.2) is 0 Å². The van der Waals surface area contributed by atoms with Crippen molar-refractivity contribution in [3.8, 4) is 5.75 Å². The van der Waals surface area contributed by atoms with Crippen LogP contribution in [0.5, 0.6) is 5.75 Å². The van der Waals surface area contributed by atoms with Crippen LogP contribution >= 0.6 is 0 Å². The molecule has 11 nitrogen and oxygen atoms in total. The lowest BCUT2D eigenvalue weighted by molar-refractivity contribution is -0.137. The Morgan fingerprint density at radius 2 is 1.33 bits per heavy atom. The molecule has 0 aromatic heterocycles. The third-order valence-corrected chi connectivity index (χ3v) is 9.84. The largest absolute Gasteiger partial charge is 0.497 e. The minimum absolute atomic E-state index is 0.0668. The zero-order valence-electron chi connectivity index (χ0n) is 31.2. The van der Waals surface area contributed by atoms with Crippen molar-refractivity contribution < 1.29 is 34.4 Å². The molecule has 0 saturated heterocycles. The molecule has 7 atom stereocenters. The lowest BCUT2D eigenvalue weighted by Gasteiger charge is -2.35. The van der Waals surface area contributed by atoms with E-state index >= 15 is 0 Å². The van der Waals surface area contributed by atoms with Gasteiger partial charge in [-0.25, -0.2) is 0 Å². The monoisotopic (exact) mass is 736 g/mol. The van der Waals surface area contributed by atoms with E-state index in [2.05, 4.69) is 21.3 Å². The number of ether oxygens (including phenoxy) is 1. The molecule has 0 fully saturated rings. The van der Waals surface area contributed by atoms with Gasteiger partial charge >= 0.3 is 0 Å². The lowest BCUT2D eigenvalue weighted by atomic mass is 9.85. The molecular formula is C43H52N4O7. The first-order valence-corrected chi connectivity index (χ1v) is 18.3. The topological polar surface area (TPSA) is 169 Å². The molecule has 286 valence electrons. The molecule has 0 radical (unpaired) electrons. The Labute approximate surface area is 317 Å². The van der Waals surface area contributed by atoms with Crippen molar-refractivity contribution in [1.82, 2.24) is 21.3 Å². The second-order valence-corrected chi connectivity index (χ2v) is 15.0. The number of carbonyl (C=O) groups is 3. The Morgan fingerprint density at radius 3 is 1.94 bits per heavy atom. The lowest BCUT2D eigenvalue weighted by Crippen LogP contribution is -2.63. The maximum absolute atomic E-state index is 14.3. The summed E-state index contributed by atoms with van der Waals surface area (Å²) in [4.78, 5) is 41.8. The first-order valence-electron chi connectivity index (χ1n) is 18.3. The van der Waals surface area contributed by atoms with Gasteiger partial charge in [-0.15, -0.1) is 0 Å². The second kappa shape index (κ2) is 18.3. The van der Waals surface area contributed by atoms with Crippen molar-refractivity contribution in [3.05, 3.63) is 137 Å². The quantitative estimate of drug-likeness (QED) is 0.0921. The Kier molecular flexibility index (Phi) is 13.6. The van der Waals surface area contributed by atoms with Crippen LogP contribution < -0.4 is 26.0 Å². The number of carbonyl (C=O) groups excluding carboxylic acids is 3. The fourth-order valence-electron chi connectivity index (χ4n) is 6.80. The van der Waals surface area contributed by atoms with Gasteiger partial charge in [0, 0.05) is 19.4 Å². The zero-order chi connectivity index (χ0) is 38.8. The molecule has 4 aromatic carbocycles. The summed E-state index contributed by atoms with van der Waals surface area (Å²) >= 11 is 0. The van der Waals surface area contributed by atoms with Crippen molar-refractivity contribution in [2.24, 2.45) is 5.41 Å². The van der Waals surface area contributed by atoms with E-state index in [0.717, 1.165) is 27.8 Å². The van der Waals surface area contributed by atoms with E-state index in [9.17, 15) is 29.7 Å². The minimum Gasteiger partial charge on any atom is -0.497 e. The molecule has 54 heavy (non-hydrogen) atoms. The number of aliphatic hydroxyl groups is 3. The molecular weight excluding hydrogens is 684 g/mol. The first kappa shape index (κ1) is 40.1. The van der Waals surface area contributed by atoms with E-state index in [1.807, 2.05) is 84.9 Å². The summed E-state index contributed by atoms with van der Waals surface area (Å²) in [5.41, 5.74) is 3.31. The summed E-state index contributed by atoms with van der Waals surface area (Å²) in [5.74, 6) is -1.19. The third-order valence-electron chi connectivity index (χ3n) is 9.84. The third kappa shape index (κ3) is 10.5. The number of fused-ring (bicyclic) bond motifs is 1. The maximum Gasteiger partial charge on any atom is 0.249 e. The Morgan fingerprint density at radius 1 is 0.741 bits per heavy atom. The molecule has 1 aliphatic carbocycles. The van der Waals surface area contributed by atoms with Gasteiger partial charge in [0.2, 0.25) is 17.7 Å². The van der Waals surface area contributed by atoms with Crippen molar-refractivity contribution >= 4 is 17.7 Å². The smallest absolute Gasteiger partial charge is 0.249 e. The van der Waals surface area contributed by atoms with E-state index in [-0.39, 0.29) is 19.4 Å². The van der Waals surface area contributed by atoms with Gasteiger partial charge in [-0.3, -0.25) is 19.7 Å². The molecule has 0 heterocycles. The van der Waals surface area contributed by atoms with Crippen molar-refractivity contribution in [2.45, 2.75) is 89.1 Å². The summed E-state index contributed by atoms with van der Waals surface area (Å²) in [5, 5.41) is 45.9. The van der Waals surface area contributed by atoms with Crippen molar-refractivity contribution in [2.75, 3.05) is 7.11 Å². The maximum atomic E-state index is 14.3. The fourth-order valence-corrected chi connectivity index (χ4v) is 6.80. The van der Waals surface area contributed by atoms with Gasteiger partial charge in [0.1, 0.15) is 23.9 Å². The van der Waals surface area contributed by atoms with Crippen LogP contribution in [0.1, 0.15) is 54.6 Å². The van der Waals surface area contributed by atoms with Gasteiger partial charge in [0.25, 0.3) is 0 Å². The van der Waals surface area contributed by atoms with Crippen LogP contribution in [0.15, 0.2) is 109 Å². The average Bonchev–Trinajstić information content (AvgIpc) is 3.47. The van der Waals surface area contributed by atoms with Crippen LogP contribution in [0, 0.1) is 5.41 Å². The van der Waals surface area contributed by atoms with Crippen LogP contribution in [0.2, 0.25) is 0 Å². The van der Waals surface area contributed by atoms with Gasteiger partial charge < -0.3 is 36.0 Å². The predicted octanol–water partition coefficient (Wildman–Crippen LogP) is 3.15. The summed E-state index contributed by atoms with van der Waals surface area (Å²) in [6.07, 6.45) is -3.16. The minimum atomic E-state index is -1.49. The number of aliphatic hydroxyl groups excluding tert-OH is 3. The van der Waals surface area contributed by atoms with Gasteiger partial charge in [0.05, 0.1) is 31.4 Å². The highest BCUT2D eigenvalue weighted by Gasteiger charge is 2.40. The van der Waals surface area contributed by atoms with E-state index in [1.165, 1.54) is 0 Å². The molecule has 2 unspecified atom stereocenters. The van der Waals surface area contributed by atoms with Crippen LogP contribution in [0.4, 0.5) is 0 Å². The normalized spacial score (nSPS) is 18.0. The van der Waals surface area contributed by atoms with Crippen molar-refractivity contribution in [3.63, 3.8) is 0 Å². The van der Waals surface area contributed by atoms with Gasteiger partial charge in [-0.2, -0.15) is 0 Å². The van der Waals surface area contributed by atoms with Gasteiger partial charge in [-0.05, 0) is 51.8 Å². The SMILES string of the molecule is COc1ccc(CN[C@@H](C(=O)NC2c3ccccc3CC2O)[C@@H](O)[C@H](Cc2ccccc2)NC(=O)[C@@H](NC(=O)[C@H](O)Cc2ccccc2)C(C)(C)C)cc1. The Bertz CT molecular complexity index is 1830. The molecule has 5 rings (SSSR count). The van der Waals surface area contributed by atoms with Crippen LogP contribution in [0.25, 0.3) is 0 Å². The molecule has 0 bridgehead atoms. The van der Waals surface area contributed by atoms with E-state index < -0.39 is 65.6 Å². The second-order valence-electron chi connectivity index (χ2n) is 15.0. The van der Waals surface area contributed by atoms with E-state index in [0.29, 0.717) is 12.2 Å².